The molecule has 1 saturated heterocycles. The van der Waals surface area contributed by atoms with E-state index in [1.807, 2.05) is 0 Å². The summed E-state index contributed by atoms with van der Waals surface area (Å²) in [5.41, 5.74) is 2.61. The molecule has 0 bridgehead atoms. The number of hydrogen-bond acceptors (Lipinski definition) is 3. The minimum atomic E-state index is 0.346. The van der Waals surface area contributed by atoms with Gasteiger partial charge in [0.2, 0.25) is 5.96 Å². The molecule has 5 nitrogen and oxygen atoms in total. The van der Waals surface area contributed by atoms with Gasteiger partial charge in [0.15, 0.2) is 0 Å². The van der Waals surface area contributed by atoms with Gasteiger partial charge in [-0.15, -0.1) is 0 Å². The van der Waals surface area contributed by atoms with Crippen LogP contribution in [0.25, 0.3) is 0 Å². The van der Waals surface area contributed by atoms with Gasteiger partial charge in [-0.25, -0.2) is 5.84 Å². The van der Waals surface area contributed by atoms with Crippen LogP contribution in [-0.4, -0.2) is 43.1 Å². The van der Waals surface area contributed by atoms with Crippen molar-refractivity contribution in [1.82, 2.24) is 15.6 Å². The number of likely N-dealkylation sites (tertiary alicyclic amines) is 1. The summed E-state index contributed by atoms with van der Waals surface area (Å²) in [4.78, 5) is 6.87. The van der Waals surface area contributed by atoms with Gasteiger partial charge in [0.25, 0.3) is 0 Å². The maximum absolute atomic E-state index is 5.41. The molecule has 1 fully saturated rings. The standard InChI is InChI=1S/C11H25N5/c1-9(2)14-11(15-12)13-8-10-6-4-5-7-16(10)3/h9-10H,4-8,12H2,1-3H3,(H2,13,14,15). The Labute approximate surface area is 98.4 Å². The van der Waals surface area contributed by atoms with E-state index >= 15 is 0 Å². The smallest absolute Gasteiger partial charge is 0.205 e. The van der Waals surface area contributed by atoms with Crippen LogP contribution in [0.2, 0.25) is 0 Å². The average Bonchev–Trinajstić information content (AvgIpc) is 2.25. The highest BCUT2D eigenvalue weighted by Crippen LogP contribution is 2.14. The molecule has 1 aliphatic heterocycles. The molecule has 1 rings (SSSR count). The maximum Gasteiger partial charge on any atom is 0.205 e. The first-order chi connectivity index (χ1) is 7.63. The highest BCUT2D eigenvalue weighted by molar-refractivity contribution is 5.79. The van der Waals surface area contributed by atoms with Gasteiger partial charge in [0.1, 0.15) is 0 Å². The van der Waals surface area contributed by atoms with E-state index in [1.54, 1.807) is 0 Å². The number of aliphatic imine (C=N–C) groups is 1. The molecule has 0 aromatic rings. The van der Waals surface area contributed by atoms with Crippen LogP contribution in [0.3, 0.4) is 0 Å². The highest BCUT2D eigenvalue weighted by atomic mass is 15.3. The lowest BCUT2D eigenvalue weighted by molar-refractivity contribution is 0.191. The molecule has 0 amide bonds. The topological polar surface area (TPSA) is 65.7 Å². The molecular formula is C11H25N5. The Morgan fingerprint density at radius 2 is 2.25 bits per heavy atom. The van der Waals surface area contributed by atoms with Gasteiger partial charge in [0.05, 0.1) is 6.54 Å². The number of rotatable bonds is 3. The van der Waals surface area contributed by atoms with Crippen molar-refractivity contribution in [2.45, 2.75) is 45.2 Å². The minimum absolute atomic E-state index is 0.346. The number of hydrogen-bond donors (Lipinski definition) is 3. The van der Waals surface area contributed by atoms with Gasteiger partial charge >= 0.3 is 0 Å². The van der Waals surface area contributed by atoms with Gasteiger partial charge in [-0.3, -0.25) is 10.4 Å². The van der Waals surface area contributed by atoms with Crippen molar-refractivity contribution >= 4 is 5.96 Å². The van der Waals surface area contributed by atoms with Crippen LogP contribution in [0.5, 0.6) is 0 Å². The van der Waals surface area contributed by atoms with Gasteiger partial charge in [-0.1, -0.05) is 6.42 Å². The van der Waals surface area contributed by atoms with E-state index in [0.717, 1.165) is 6.54 Å². The monoisotopic (exact) mass is 227 g/mol. The van der Waals surface area contributed by atoms with Gasteiger partial charge < -0.3 is 10.2 Å². The molecule has 16 heavy (non-hydrogen) atoms. The molecule has 94 valence electrons. The number of piperidine rings is 1. The molecule has 0 saturated carbocycles. The predicted molar refractivity (Wildman–Crippen MR) is 68.2 cm³/mol. The molecule has 0 radical (unpaired) electrons. The van der Waals surface area contributed by atoms with Crippen LogP contribution in [-0.2, 0) is 0 Å². The Morgan fingerprint density at radius 1 is 1.50 bits per heavy atom. The van der Waals surface area contributed by atoms with Crippen LogP contribution in [0.15, 0.2) is 4.99 Å². The second-order valence-electron chi connectivity index (χ2n) is 4.76. The zero-order valence-electron chi connectivity index (χ0n) is 10.7. The summed E-state index contributed by atoms with van der Waals surface area (Å²) in [7, 11) is 2.17. The fourth-order valence-electron chi connectivity index (χ4n) is 1.98. The SMILES string of the molecule is CC(C)NC(=NCC1CCCCN1C)NN. The summed E-state index contributed by atoms with van der Waals surface area (Å²) < 4.78 is 0. The Morgan fingerprint density at radius 3 is 2.81 bits per heavy atom. The number of nitrogens with zero attached hydrogens (tertiary/aromatic N) is 2. The first-order valence-electron chi connectivity index (χ1n) is 6.11. The van der Waals surface area contributed by atoms with Crippen molar-refractivity contribution in [3.05, 3.63) is 0 Å². The molecule has 1 atom stereocenters. The zero-order chi connectivity index (χ0) is 12.0. The number of nitrogens with two attached hydrogens (primary N) is 1. The summed E-state index contributed by atoms with van der Waals surface area (Å²) >= 11 is 0. The molecule has 4 N–H and O–H groups in total. The lowest BCUT2D eigenvalue weighted by Gasteiger charge is -2.31. The zero-order valence-corrected chi connectivity index (χ0v) is 10.7. The van der Waals surface area contributed by atoms with E-state index in [2.05, 4.69) is 41.5 Å². The lowest BCUT2D eigenvalue weighted by atomic mass is 10.0. The Hall–Kier alpha value is -0.810. The van der Waals surface area contributed by atoms with Crippen LogP contribution in [0, 0.1) is 0 Å². The fraction of sp³-hybridized carbons (Fsp3) is 0.909. The lowest BCUT2D eigenvalue weighted by Crippen LogP contribution is -2.46. The first-order valence-corrected chi connectivity index (χ1v) is 6.11. The van der Waals surface area contributed by atoms with Crippen molar-refractivity contribution in [1.29, 1.82) is 0 Å². The minimum Gasteiger partial charge on any atom is -0.353 e. The van der Waals surface area contributed by atoms with E-state index in [4.69, 9.17) is 5.84 Å². The first kappa shape index (κ1) is 13.3. The fourth-order valence-corrected chi connectivity index (χ4v) is 1.98. The molecule has 1 aliphatic rings. The molecular weight excluding hydrogens is 202 g/mol. The van der Waals surface area contributed by atoms with E-state index < -0.39 is 0 Å². The average molecular weight is 227 g/mol. The number of likely N-dealkylation sites (N-methyl/N-ethyl adjacent to an activating group) is 1. The number of hydrazine groups is 1. The second kappa shape index (κ2) is 6.70. The van der Waals surface area contributed by atoms with Gasteiger partial charge in [0, 0.05) is 12.1 Å². The van der Waals surface area contributed by atoms with Crippen molar-refractivity contribution in [3.63, 3.8) is 0 Å². The molecule has 0 aromatic heterocycles. The Balaban J connectivity index is 2.42. The van der Waals surface area contributed by atoms with Crippen molar-refractivity contribution < 1.29 is 0 Å². The van der Waals surface area contributed by atoms with E-state index in [-0.39, 0.29) is 0 Å². The van der Waals surface area contributed by atoms with Crippen LogP contribution < -0.4 is 16.6 Å². The van der Waals surface area contributed by atoms with Crippen molar-refractivity contribution in [3.8, 4) is 0 Å². The quantitative estimate of drug-likeness (QED) is 0.281. The third kappa shape index (κ3) is 4.37. The predicted octanol–water partition coefficient (Wildman–Crippen LogP) is 0.288. The Kier molecular flexibility index (Phi) is 5.55. The van der Waals surface area contributed by atoms with Gasteiger partial charge in [-0.05, 0) is 40.3 Å². The summed E-state index contributed by atoms with van der Waals surface area (Å²) in [6, 6.07) is 0.907. The molecule has 0 aliphatic carbocycles. The van der Waals surface area contributed by atoms with Crippen LogP contribution >= 0.6 is 0 Å². The largest absolute Gasteiger partial charge is 0.353 e. The summed E-state index contributed by atoms with van der Waals surface area (Å²) in [6.45, 7) is 6.14. The number of nitrogens with one attached hydrogen (secondary N) is 2. The number of guanidine groups is 1. The van der Waals surface area contributed by atoms with E-state index in [0.29, 0.717) is 18.0 Å². The third-order valence-electron chi connectivity index (χ3n) is 2.94. The van der Waals surface area contributed by atoms with Crippen molar-refractivity contribution in [2.75, 3.05) is 20.1 Å². The van der Waals surface area contributed by atoms with Crippen LogP contribution in [0.4, 0.5) is 0 Å². The second-order valence-corrected chi connectivity index (χ2v) is 4.76. The summed E-state index contributed by atoms with van der Waals surface area (Å²) in [6.07, 6.45) is 3.86. The summed E-state index contributed by atoms with van der Waals surface area (Å²) in [5, 5.41) is 3.18. The molecule has 0 spiro atoms. The summed E-state index contributed by atoms with van der Waals surface area (Å²) in [5.74, 6) is 6.10. The van der Waals surface area contributed by atoms with E-state index in [9.17, 15) is 0 Å². The molecule has 1 unspecified atom stereocenters. The highest BCUT2D eigenvalue weighted by Gasteiger charge is 2.18. The molecule has 5 heteroatoms. The normalized spacial score (nSPS) is 23.6. The van der Waals surface area contributed by atoms with E-state index in [1.165, 1.54) is 25.8 Å². The maximum atomic E-state index is 5.41. The molecule has 1 heterocycles. The van der Waals surface area contributed by atoms with Crippen molar-refractivity contribution in [2.24, 2.45) is 10.8 Å². The third-order valence-corrected chi connectivity index (χ3v) is 2.94. The van der Waals surface area contributed by atoms with Gasteiger partial charge in [-0.2, -0.15) is 0 Å². The van der Waals surface area contributed by atoms with Crippen LogP contribution in [0.1, 0.15) is 33.1 Å². The molecule has 0 aromatic carbocycles. The Bertz CT molecular complexity index is 226.